The third-order valence-corrected chi connectivity index (χ3v) is 4.49. The molecule has 3 rings (SSSR count). The summed E-state index contributed by atoms with van der Waals surface area (Å²) in [6, 6.07) is 12.5. The van der Waals surface area contributed by atoms with Crippen molar-refractivity contribution < 1.29 is 13.9 Å². The van der Waals surface area contributed by atoms with Crippen molar-refractivity contribution in [2.24, 2.45) is 5.73 Å². The number of nitrogens with two attached hydrogens (primary N) is 2. The van der Waals surface area contributed by atoms with Crippen molar-refractivity contribution in [2.45, 2.75) is 26.2 Å². The molecule has 1 heterocycles. The van der Waals surface area contributed by atoms with Gasteiger partial charge in [-0.2, -0.15) is 0 Å². The summed E-state index contributed by atoms with van der Waals surface area (Å²) in [5.74, 6) is 1.09. The van der Waals surface area contributed by atoms with Crippen LogP contribution in [-0.4, -0.2) is 25.5 Å². The standard InChI is InChI=1S/C22H27N3O3/c1-2-3-12-25-22-20(18-14-16(24)7-10-19(18)28-22)21(26)15-5-8-17(9-6-15)27-13-4-11-23/h5-10,14,25H,2-4,11-13,23-24H2,1H3. The number of rotatable bonds is 10. The van der Waals surface area contributed by atoms with Gasteiger partial charge in [-0.25, -0.2) is 0 Å². The van der Waals surface area contributed by atoms with Gasteiger partial charge in [0.05, 0.1) is 12.2 Å². The first kappa shape index (κ1) is 19.8. The molecule has 6 heteroatoms. The van der Waals surface area contributed by atoms with Crippen molar-refractivity contribution in [3.05, 3.63) is 53.6 Å². The number of nitrogens with one attached hydrogen (secondary N) is 1. The minimum atomic E-state index is -0.114. The van der Waals surface area contributed by atoms with E-state index in [4.69, 9.17) is 20.6 Å². The molecule has 1 aromatic heterocycles. The van der Waals surface area contributed by atoms with Crippen LogP contribution in [0.1, 0.15) is 42.1 Å². The first-order chi connectivity index (χ1) is 13.6. The molecule has 6 nitrogen and oxygen atoms in total. The Morgan fingerprint density at radius 3 is 2.64 bits per heavy atom. The maximum absolute atomic E-state index is 13.3. The number of unbranched alkanes of at least 4 members (excludes halogenated alkanes) is 1. The SMILES string of the molecule is CCCCNc1oc2ccc(N)cc2c1C(=O)c1ccc(OCCCN)cc1. The predicted molar refractivity (Wildman–Crippen MR) is 113 cm³/mol. The Labute approximate surface area is 164 Å². The van der Waals surface area contributed by atoms with Gasteiger partial charge < -0.3 is 25.9 Å². The average Bonchev–Trinajstić information content (AvgIpc) is 3.06. The lowest BCUT2D eigenvalue weighted by molar-refractivity contribution is 0.104. The van der Waals surface area contributed by atoms with Gasteiger partial charge in [-0.15, -0.1) is 0 Å². The van der Waals surface area contributed by atoms with Crippen LogP contribution < -0.4 is 21.5 Å². The van der Waals surface area contributed by atoms with Crippen LogP contribution in [0.5, 0.6) is 5.75 Å². The van der Waals surface area contributed by atoms with Gasteiger partial charge >= 0.3 is 0 Å². The third-order valence-electron chi connectivity index (χ3n) is 4.49. The van der Waals surface area contributed by atoms with Crippen LogP contribution in [0, 0.1) is 0 Å². The number of carbonyl (C=O) groups excluding carboxylic acids is 1. The predicted octanol–water partition coefficient (Wildman–Crippen LogP) is 4.19. The molecule has 0 atom stereocenters. The molecule has 3 aromatic rings. The molecule has 0 bridgehead atoms. The van der Waals surface area contributed by atoms with Crippen LogP contribution in [0.25, 0.3) is 11.0 Å². The van der Waals surface area contributed by atoms with E-state index in [1.54, 1.807) is 42.5 Å². The first-order valence-electron chi connectivity index (χ1n) is 9.67. The lowest BCUT2D eigenvalue weighted by Gasteiger charge is -2.08. The zero-order valence-corrected chi connectivity index (χ0v) is 16.2. The monoisotopic (exact) mass is 381 g/mol. The third kappa shape index (κ3) is 4.46. The summed E-state index contributed by atoms with van der Waals surface area (Å²) in [4.78, 5) is 13.3. The zero-order valence-electron chi connectivity index (χ0n) is 16.2. The van der Waals surface area contributed by atoms with Gasteiger partial charge in [-0.1, -0.05) is 13.3 Å². The van der Waals surface area contributed by atoms with Crippen LogP contribution in [0.15, 0.2) is 46.9 Å². The van der Waals surface area contributed by atoms with E-state index in [-0.39, 0.29) is 5.78 Å². The normalized spacial score (nSPS) is 10.9. The Balaban J connectivity index is 1.90. The smallest absolute Gasteiger partial charge is 0.205 e. The van der Waals surface area contributed by atoms with Gasteiger partial charge in [-0.3, -0.25) is 4.79 Å². The lowest BCUT2D eigenvalue weighted by Crippen LogP contribution is -2.08. The fourth-order valence-corrected chi connectivity index (χ4v) is 2.96. The minimum absolute atomic E-state index is 0.114. The molecule has 0 aliphatic rings. The Morgan fingerprint density at radius 1 is 1.14 bits per heavy atom. The fourth-order valence-electron chi connectivity index (χ4n) is 2.96. The molecule has 0 spiro atoms. The van der Waals surface area contributed by atoms with Crippen LogP contribution in [0.4, 0.5) is 11.6 Å². The van der Waals surface area contributed by atoms with E-state index >= 15 is 0 Å². The number of hydrogen-bond acceptors (Lipinski definition) is 6. The molecule has 0 saturated carbocycles. The second kappa shape index (κ2) is 9.28. The second-order valence-electron chi connectivity index (χ2n) is 6.69. The first-order valence-corrected chi connectivity index (χ1v) is 9.67. The van der Waals surface area contributed by atoms with Crippen molar-refractivity contribution in [3.63, 3.8) is 0 Å². The molecule has 0 aliphatic carbocycles. The fraction of sp³-hybridized carbons (Fsp3) is 0.318. The Kier molecular flexibility index (Phi) is 6.55. The number of anilines is 2. The van der Waals surface area contributed by atoms with Gasteiger partial charge in [0.1, 0.15) is 11.3 Å². The van der Waals surface area contributed by atoms with Gasteiger partial charge in [0.25, 0.3) is 0 Å². The van der Waals surface area contributed by atoms with Gasteiger partial charge in [0, 0.05) is 23.2 Å². The quantitative estimate of drug-likeness (QED) is 0.276. The summed E-state index contributed by atoms with van der Waals surface area (Å²) in [6.45, 7) is 3.99. The molecule has 0 unspecified atom stereocenters. The van der Waals surface area contributed by atoms with Gasteiger partial charge in [0.2, 0.25) is 5.88 Å². The van der Waals surface area contributed by atoms with Crippen LogP contribution in [0.2, 0.25) is 0 Å². The van der Waals surface area contributed by atoms with E-state index in [2.05, 4.69) is 12.2 Å². The zero-order chi connectivity index (χ0) is 19.9. The van der Waals surface area contributed by atoms with E-state index in [0.29, 0.717) is 52.6 Å². The van der Waals surface area contributed by atoms with Crippen molar-refractivity contribution in [2.75, 3.05) is 30.7 Å². The van der Waals surface area contributed by atoms with Crippen molar-refractivity contribution >= 4 is 28.3 Å². The summed E-state index contributed by atoms with van der Waals surface area (Å²) in [7, 11) is 0. The molecule has 148 valence electrons. The number of carbonyl (C=O) groups is 1. The highest BCUT2D eigenvalue weighted by Crippen LogP contribution is 2.33. The highest BCUT2D eigenvalue weighted by atomic mass is 16.5. The maximum Gasteiger partial charge on any atom is 0.205 e. The number of nitrogen functional groups attached to an aromatic ring is 1. The van der Waals surface area contributed by atoms with Crippen molar-refractivity contribution in [1.82, 2.24) is 0 Å². The minimum Gasteiger partial charge on any atom is -0.494 e. The summed E-state index contributed by atoms with van der Waals surface area (Å²) < 4.78 is 11.5. The van der Waals surface area contributed by atoms with E-state index in [0.717, 1.165) is 25.8 Å². The molecule has 0 radical (unpaired) electrons. The van der Waals surface area contributed by atoms with Gasteiger partial charge in [-0.05, 0) is 61.9 Å². The molecule has 0 saturated heterocycles. The molecular weight excluding hydrogens is 354 g/mol. The average molecular weight is 381 g/mol. The number of ketones is 1. The van der Waals surface area contributed by atoms with E-state index < -0.39 is 0 Å². The Morgan fingerprint density at radius 2 is 1.93 bits per heavy atom. The van der Waals surface area contributed by atoms with E-state index in [1.165, 1.54) is 0 Å². The molecular formula is C22H27N3O3. The molecule has 0 fully saturated rings. The largest absolute Gasteiger partial charge is 0.494 e. The number of furan rings is 1. The molecule has 0 amide bonds. The van der Waals surface area contributed by atoms with Gasteiger partial charge in [0.15, 0.2) is 5.78 Å². The number of fused-ring (bicyclic) bond motifs is 1. The maximum atomic E-state index is 13.3. The summed E-state index contributed by atoms with van der Waals surface area (Å²) in [5.41, 5.74) is 13.7. The number of ether oxygens (including phenoxy) is 1. The molecule has 28 heavy (non-hydrogen) atoms. The van der Waals surface area contributed by atoms with Crippen LogP contribution >= 0.6 is 0 Å². The summed E-state index contributed by atoms with van der Waals surface area (Å²) in [6.07, 6.45) is 2.83. The Bertz CT molecular complexity index is 932. The molecule has 0 aliphatic heterocycles. The molecule has 5 N–H and O–H groups in total. The summed E-state index contributed by atoms with van der Waals surface area (Å²) >= 11 is 0. The highest BCUT2D eigenvalue weighted by molar-refractivity contribution is 6.19. The van der Waals surface area contributed by atoms with Crippen LogP contribution in [0.3, 0.4) is 0 Å². The van der Waals surface area contributed by atoms with E-state index in [1.807, 2.05) is 0 Å². The van der Waals surface area contributed by atoms with Crippen molar-refractivity contribution in [3.8, 4) is 5.75 Å². The van der Waals surface area contributed by atoms with Crippen LogP contribution in [-0.2, 0) is 0 Å². The summed E-state index contributed by atoms with van der Waals surface area (Å²) in [5, 5.41) is 3.97. The van der Waals surface area contributed by atoms with Crippen molar-refractivity contribution in [1.29, 1.82) is 0 Å². The number of benzene rings is 2. The molecule has 2 aromatic carbocycles. The second-order valence-corrected chi connectivity index (χ2v) is 6.69. The lowest BCUT2D eigenvalue weighted by atomic mass is 10.0. The topological polar surface area (TPSA) is 104 Å². The van der Waals surface area contributed by atoms with E-state index in [9.17, 15) is 4.79 Å². The Hall–Kier alpha value is -2.99. The number of hydrogen-bond donors (Lipinski definition) is 3. The highest BCUT2D eigenvalue weighted by Gasteiger charge is 2.22.